The van der Waals surface area contributed by atoms with E-state index in [9.17, 15) is 4.79 Å². The minimum Gasteiger partial charge on any atom is -0.497 e. The zero-order chi connectivity index (χ0) is 19.5. The standard InChI is InChI=1S/C20H19ClN4O3/c1-27-15-8-6-14(7-9-15)24-10-12-25(13-11-24)20(26)19-23-22-18(28-19)16-4-2-3-5-17(16)21/h2-9H,10-13H2,1H3. The van der Waals surface area contributed by atoms with E-state index in [0.717, 1.165) is 24.5 Å². The van der Waals surface area contributed by atoms with Gasteiger partial charge < -0.3 is 19.0 Å². The zero-order valence-corrected chi connectivity index (χ0v) is 16.1. The van der Waals surface area contributed by atoms with Crippen molar-refractivity contribution in [3.8, 4) is 17.2 Å². The van der Waals surface area contributed by atoms with Crippen LogP contribution in [0.1, 0.15) is 10.7 Å². The van der Waals surface area contributed by atoms with E-state index in [0.29, 0.717) is 23.7 Å². The number of methoxy groups -OCH3 is 1. The summed E-state index contributed by atoms with van der Waals surface area (Å²) in [4.78, 5) is 16.7. The van der Waals surface area contributed by atoms with Gasteiger partial charge in [0.15, 0.2) is 0 Å². The SMILES string of the molecule is COc1ccc(N2CCN(C(=O)c3nnc(-c4ccccc4Cl)o3)CC2)cc1. The van der Waals surface area contributed by atoms with E-state index in [2.05, 4.69) is 15.1 Å². The Morgan fingerprint density at radius 2 is 1.75 bits per heavy atom. The first-order valence-corrected chi connectivity index (χ1v) is 9.30. The fourth-order valence-electron chi connectivity index (χ4n) is 3.15. The van der Waals surface area contributed by atoms with Gasteiger partial charge in [0, 0.05) is 31.9 Å². The zero-order valence-electron chi connectivity index (χ0n) is 15.3. The normalized spacial score (nSPS) is 14.2. The summed E-state index contributed by atoms with van der Waals surface area (Å²) in [6.07, 6.45) is 0. The molecule has 28 heavy (non-hydrogen) atoms. The van der Waals surface area contributed by atoms with Gasteiger partial charge in [0.1, 0.15) is 5.75 Å². The third-order valence-corrected chi connectivity index (χ3v) is 5.05. The van der Waals surface area contributed by atoms with Gasteiger partial charge in [-0.2, -0.15) is 0 Å². The number of rotatable bonds is 4. The highest BCUT2D eigenvalue weighted by atomic mass is 35.5. The van der Waals surface area contributed by atoms with E-state index >= 15 is 0 Å². The van der Waals surface area contributed by atoms with Gasteiger partial charge in [0.05, 0.1) is 17.7 Å². The second-order valence-electron chi connectivity index (χ2n) is 6.37. The lowest BCUT2D eigenvalue weighted by atomic mass is 10.2. The fraction of sp³-hybridized carbons (Fsp3) is 0.250. The largest absolute Gasteiger partial charge is 0.497 e. The number of amides is 1. The summed E-state index contributed by atoms with van der Waals surface area (Å²) in [6, 6.07) is 15.1. The molecule has 0 unspecified atom stereocenters. The van der Waals surface area contributed by atoms with Crippen molar-refractivity contribution in [1.29, 1.82) is 0 Å². The van der Waals surface area contributed by atoms with Crippen LogP contribution in [0.2, 0.25) is 5.02 Å². The van der Waals surface area contributed by atoms with Gasteiger partial charge in [-0.3, -0.25) is 4.79 Å². The fourth-order valence-corrected chi connectivity index (χ4v) is 3.37. The summed E-state index contributed by atoms with van der Waals surface area (Å²) in [6.45, 7) is 2.61. The monoisotopic (exact) mass is 398 g/mol. The topological polar surface area (TPSA) is 71.7 Å². The molecule has 7 nitrogen and oxygen atoms in total. The summed E-state index contributed by atoms with van der Waals surface area (Å²) in [5.41, 5.74) is 1.71. The van der Waals surface area contributed by atoms with E-state index in [-0.39, 0.29) is 17.7 Å². The number of benzene rings is 2. The van der Waals surface area contributed by atoms with Crippen LogP contribution >= 0.6 is 11.6 Å². The second kappa shape index (κ2) is 7.90. The highest BCUT2D eigenvalue weighted by molar-refractivity contribution is 6.33. The first-order valence-electron chi connectivity index (χ1n) is 8.92. The Morgan fingerprint density at radius 1 is 1.04 bits per heavy atom. The Balaban J connectivity index is 1.41. The number of piperazine rings is 1. The predicted molar refractivity (Wildman–Crippen MR) is 106 cm³/mol. The molecule has 144 valence electrons. The molecule has 8 heteroatoms. The maximum atomic E-state index is 12.7. The Hall–Kier alpha value is -3.06. The summed E-state index contributed by atoms with van der Waals surface area (Å²) >= 11 is 6.15. The van der Waals surface area contributed by atoms with Gasteiger partial charge >= 0.3 is 11.8 Å². The lowest BCUT2D eigenvalue weighted by Gasteiger charge is -2.35. The second-order valence-corrected chi connectivity index (χ2v) is 6.78. The van der Waals surface area contributed by atoms with Crippen LogP contribution in [0.15, 0.2) is 52.9 Å². The van der Waals surface area contributed by atoms with Crippen molar-refractivity contribution < 1.29 is 13.9 Å². The highest BCUT2D eigenvalue weighted by Gasteiger charge is 2.26. The number of carbonyl (C=O) groups excluding carboxylic acids is 1. The van der Waals surface area contributed by atoms with Crippen LogP contribution in [0, 0.1) is 0 Å². The predicted octanol–water partition coefficient (Wildman–Crippen LogP) is 3.36. The third kappa shape index (κ3) is 3.66. The molecule has 3 aromatic rings. The first kappa shape index (κ1) is 18.3. The van der Waals surface area contributed by atoms with E-state index in [1.165, 1.54) is 0 Å². The molecule has 2 aromatic carbocycles. The van der Waals surface area contributed by atoms with Crippen molar-refractivity contribution in [2.24, 2.45) is 0 Å². The lowest BCUT2D eigenvalue weighted by Crippen LogP contribution is -2.48. The van der Waals surface area contributed by atoms with Crippen LogP contribution in [0.5, 0.6) is 5.75 Å². The van der Waals surface area contributed by atoms with E-state index in [4.69, 9.17) is 20.8 Å². The highest BCUT2D eigenvalue weighted by Crippen LogP contribution is 2.27. The Morgan fingerprint density at radius 3 is 2.43 bits per heavy atom. The van der Waals surface area contributed by atoms with Crippen LogP contribution < -0.4 is 9.64 Å². The number of nitrogens with zero attached hydrogens (tertiary/aromatic N) is 4. The molecule has 0 atom stereocenters. The van der Waals surface area contributed by atoms with Crippen LogP contribution in [0.3, 0.4) is 0 Å². The molecular weight excluding hydrogens is 380 g/mol. The molecule has 1 fully saturated rings. The average Bonchev–Trinajstić information content (AvgIpc) is 3.24. The molecule has 1 aromatic heterocycles. The van der Waals surface area contributed by atoms with E-state index in [1.807, 2.05) is 36.4 Å². The molecule has 1 saturated heterocycles. The molecule has 0 bridgehead atoms. The molecule has 0 radical (unpaired) electrons. The third-order valence-electron chi connectivity index (χ3n) is 4.72. The maximum absolute atomic E-state index is 12.7. The van der Waals surface area contributed by atoms with Crippen molar-refractivity contribution in [3.63, 3.8) is 0 Å². The molecule has 1 aliphatic heterocycles. The summed E-state index contributed by atoms with van der Waals surface area (Å²) in [5.74, 6) is 0.780. The van der Waals surface area contributed by atoms with Crippen molar-refractivity contribution in [1.82, 2.24) is 15.1 Å². The average molecular weight is 399 g/mol. The quantitative estimate of drug-likeness (QED) is 0.671. The maximum Gasteiger partial charge on any atom is 0.311 e. The van der Waals surface area contributed by atoms with Crippen molar-refractivity contribution >= 4 is 23.2 Å². The molecule has 2 heterocycles. The van der Waals surface area contributed by atoms with Gasteiger partial charge in [0.2, 0.25) is 5.89 Å². The van der Waals surface area contributed by atoms with Gasteiger partial charge in [-0.1, -0.05) is 23.7 Å². The lowest BCUT2D eigenvalue weighted by molar-refractivity contribution is 0.0707. The van der Waals surface area contributed by atoms with Crippen molar-refractivity contribution in [2.45, 2.75) is 0 Å². The molecule has 1 amide bonds. The number of anilines is 1. The number of carbonyl (C=O) groups is 1. The summed E-state index contributed by atoms with van der Waals surface area (Å²) in [7, 11) is 1.65. The van der Waals surface area contributed by atoms with Crippen LogP contribution in [-0.4, -0.2) is 54.3 Å². The molecule has 0 saturated carbocycles. The molecule has 0 spiro atoms. The summed E-state index contributed by atoms with van der Waals surface area (Å²) in [5, 5.41) is 8.38. The van der Waals surface area contributed by atoms with E-state index < -0.39 is 0 Å². The minimum atomic E-state index is -0.264. The smallest absolute Gasteiger partial charge is 0.311 e. The number of hydrogen-bond acceptors (Lipinski definition) is 6. The van der Waals surface area contributed by atoms with Crippen LogP contribution in [-0.2, 0) is 0 Å². The van der Waals surface area contributed by atoms with Crippen LogP contribution in [0.25, 0.3) is 11.5 Å². The summed E-state index contributed by atoms with van der Waals surface area (Å²) < 4.78 is 10.8. The molecule has 0 aliphatic carbocycles. The van der Waals surface area contributed by atoms with Crippen molar-refractivity contribution in [2.75, 3.05) is 38.2 Å². The Bertz CT molecular complexity index is 966. The number of hydrogen-bond donors (Lipinski definition) is 0. The number of aromatic nitrogens is 2. The number of ether oxygens (including phenoxy) is 1. The Labute approximate surface area is 167 Å². The first-order chi connectivity index (χ1) is 13.7. The minimum absolute atomic E-state index is 0.0205. The van der Waals surface area contributed by atoms with Gasteiger partial charge in [-0.25, -0.2) is 0 Å². The van der Waals surface area contributed by atoms with E-state index in [1.54, 1.807) is 24.1 Å². The Kier molecular flexibility index (Phi) is 5.16. The van der Waals surface area contributed by atoms with Gasteiger partial charge in [-0.05, 0) is 36.4 Å². The van der Waals surface area contributed by atoms with Crippen LogP contribution in [0.4, 0.5) is 5.69 Å². The number of halogens is 1. The molecule has 4 rings (SSSR count). The molecule has 1 aliphatic rings. The van der Waals surface area contributed by atoms with Gasteiger partial charge in [0.25, 0.3) is 0 Å². The van der Waals surface area contributed by atoms with Gasteiger partial charge in [-0.15, -0.1) is 10.2 Å². The van der Waals surface area contributed by atoms with Crippen molar-refractivity contribution in [3.05, 3.63) is 59.4 Å². The molecular formula is C20H19ClN4O3. The molecule has 0 N–H and O–H groups in total.